The summed E-state index contributed by atoms with van der Waals surface area (Å²) in [5.74, 6) is -1.35. The molecule has 8 heteroatoms. The lowest BCUT2D eigenvalue weighted by Gasteiger charge is -2.08. The summed E-state index contributed by atoms with van der Waals surface area (Å²) in [5.41, 5.74) is 1.25. The Morgan fingerprint density at radius 1 is 1.21 bits per heavy atom. The van der Waals surface area contributed by atoms with Gasteiger partial charge in [0.15, 0.2) is 5.13 Å². The average molecular weight is 363 g/mol. The fourth-order valence-corrected chi connectivity index (χ4v) is 3.38. The van der Waals surface area contributed by atoms with Gasteiger partial charge < -0.3 is 4.74 Å². The molecule has 0 spiro atoms. The largest absolute Gasteiger partial charge is 0.469 e. The van der Waals surface area contributed by atoms with Crippen molar-refractivity contribution in [1.82, 2.24) is 4.98 Å². The summed E-state index contributed by atoms with van der Waals surface area (Å²) >= 11 is 7.00. The zero-order chi connectivity index (χ0) is 17.3. The summed E-state index contributed by atoms with van der Waals surface area (Å²) < 4.78 is 4.70. The number of anilines is 1. The summed E-state index contributed by atoms with van der Waals surface area (Å²) in [5, 5.41) is 0.789. The second-order valence-electron chi connectivity index (χ2n) is 4.87. The van der Waals surface area contributed by atoms with Gasteiger partial charge in [0.05, 0.1) is 19.2 Å². The Balaban J connectivity index is 2.05. The highest BCUT2D eigenvalue weighted by atomic mass is 35.5. The minimum absolute atomic E-state index is 0.00419. The monoisotopic (exact) mass is 362 g/mol. The second-order valence-corrected chi connectivity index (χ2v) is 6.37. The van der Waals surface area contributed by atoms with E-state index >= 15 is 0 Å². The molecule has 6 nitrogen and oxygen atoms in total. The quantitative estimate of drug-likeness (QED) is 0.617. The first-order chi connectivity index (χ1) is 11.5. The highest BCUT2D eigenvalue weighted by Gasteiger charge is 2.29. The van der Waals surface area contributed by atoms with E-state index in [-0.39, 0.29) is 11.6 Å². The third-order valence-corrected chi connectivity index (χ3v) is 4.63. The molecule has 3 rings (SSSR count). The van der Waals surface area contributed by atoms with Crippen molar-refractivity contribution >= 4 is 45.9 Å². The number of amides is 2. The molecule has 1 aliphatic heterocycles. The third-order valence-electron chi connectivity index (χ3n) is 3.34. The van der Waals surface area contributed by atoms with Crippen LogP contribution >= 0.6 is 22.9 Å². The van der Waals surface area contributed by atoms with E-state index in [0.29, 0.717) is 15.6 Å². The second kappa shape index (κ2) is 6.54. The van der Waals surface area contributed by atoms with E-state index in [2.05, 4.69) is 4.98 Å². The van der Waals surface area contributed by atoms with Crippen LogP contribution in [0.3, 0.4) is 0 Å². The number of rotatable bonds is 4. The standard InChI is InChI=1S/C16H11ClN2O4S/c1-23-14(22)8-11-15(9-2-4-10(17)5-3-9)18-16(24-11)19-12(20)6-7-13(19)21/h2-7H,8H2,1H3. The van der Waals surface area contributed by atoms with E-state index in [0.717, 1.165) is 21.8 Å². The molecule has 0 unspecified atom stereocenters. The number of carbonyl (C=O) groups excluding carboxylic acids is 3. The van der Waals surface area contributed by atoms with Gasteiger partial charge in [0.1, 0.15) is 0 Å². The molecular formula is C16H11ClN2O4S. The van der Waals surface area contributed by atoms with Crippen molar-refractivity contribution in [3.05, 3.63) is 46.3 Å². The molecule has 0 saturated carbocycles. The molecule has 2 amide bonds. The number of halogens is 1. The van der Waals surface area contributed by atoms with Crippen LogP contribution in [0.4, 0.5) is 5.13 Å². The van der Waals surface area contributed by atoms with Gasteiger partial charge in [-0.3, -0.25) is 14.4 Å². The number of carbonyl (C=O) groups is 3. The van der Waals surface area contributed by atoms with Crippen LogP contribution in [-0.4, -0.2) is 29.9 Å². The number of benzene rings is 1. The Hall–Kier alpha value is -2.51. The lowest BCUT2D eigenvalue weighted by Crippen LogP contribution is -2.29. The number of hydrogen-bond acceptors (Lipinski definition) is 6. The predicted octanol–water partition coefficient (Wildman–Crippen LogP) is 2.61. The Bertz CT molecular complexity index is 839. The molecular weight excluding hydrogens is 352 g/mol. The molecule has 0 bridgehead atoms. The summed E-state index contributed by atoms with van der Waals surface area (Å²) in [6.07, 6.45) is 2.37. The first kappa shape index (κ1) is 16.4. The van der Waals surface area contributed by atoms with E-state index in [9.17, 15) is 14.4 Å². The van der Waals surface area contributed by atoms with Crippen molar-refractivity contribution in [2.75, 3.05) is 12.0 Å². The maximum atomic E-state index is 11.8. The molecule has 1 aromatic carbocycles. The molecule has 2 heterocycles. The smallest absolute Gasteiger partial charge is 0.310 e. The summed E-state index contributed by atoms with van der Waals surface area (Å²) in [7, 11) is 1.30. The number of aromatic nitrogens is 1. The van der Waals surface area contributed by atoms with Gasteiger partial charge in [-0.05, 0) is 12.1 Å². The zero-order valence-corrected chi connectivity index (χ0v) is 14.1. The molecule has 122 valence electrons. The molecule has 0 atom stereocenters. The van der Waals surface area contributed by atoms with Crippen LogP contribution in [0.25, 0.3) is 11.3 Å². The van der Waals surface area contributed by atoms with Crippen molar-refractivity contribution in [2.45, 2.75) is 6.42 Å². The first-order valence-electron chi connectivity index (χ1n) is 6.88. The minimum atomic E-state index is -0.457. The van der Waals surface area contributed by atoms with E-state index in [1.807, 2.05) is 0 Å². The molecule has 24 heavy (non-hydrogen) atoms. The molecule has 0 N–H and O–H groups in total. The molecule has 0 radical (unpaired) electrons. The lowest BCUT2D eigenvalue weighted by atomic mass is 10.1. The normalized spacial score (nSPS) is 13.7. The van der Waals surface area contributed by atoms with Gasteiger partial charge in [-0.15, -0.1) is 0 Å². The van der Waals surface area contributed by atoms with Crippen LogP contribution in [0.5, 0.6) is 0 Å². The van der Waals surface area contributed by atoms with Gasteiger partial charge in [-0.1, -0.05) is 35.1 Å². The van der Waals surface area contributed by atoms with E-state index in [1.54, 1.807) is 24.3 Å². The predicted molar refractivity (Wildman–Crippen MR) is 89.9 cm³/mol. The Morgan fingerprint density at radius 2 is 1.83 bits per heavy atom. The number of thiazole rings is 1. The van der Waals surface area contributed by atoms with Gasteiger partial charge in [-0.25, -0.2) is 9.88 Å². The summed E-state index contributed by atoms with van der Waals surface area (Å²) in [6.45, 7) is 0. The third kappa shape index (κ3) is 3.08. The highest BCUT2D eigenvalue weighted by molar-refractivity contribution is 7.16. The van der Waals surface area contributed by atoms with Crippen molar-refractivity contribution in [3.8, 4) is 11.3 Å². The van der Waals surface area contributed by atoms with Gasteiger partial charge >= 0.3 is 5.97 Å². The zero-order valence-electron chi connectivity index (χ0n) is 12.5. The van der Waals surface area contributed by atoms with Gasteiger partial charge in [-0.2, -0.15) is 0 Å². The van der Waals surface area contributed by atoms with Crippen molar-refractivity contribution in [2.24, 2.45) is 0 Å². The van der Waals surface area contributed by atoms with Crippen LogP contribution in [-0.2, 0) is 25.5 Å². The van der Waals surface area contributed by atoms with Gasteiger partial charge in [0, 0.05) is 27.6 Å². The van der Waals surface area contributed by atoms with E-state index in [1.165, 1.54) is 19.3 Å². The van der Waals surface area contributed by atoms with Crippen LogP contribution in [0, 0.1) is 0 Å². The number of ether oxygens (including phenoxy) is 1. The summed E-state index contributed by atoms with van der Waals surface area (Å²) in [4.78, 5) is 41.3. The summed E-state index contributed by atoms with van der Waals surface area (Å²) in [6, 6.07) is 6.92. The topological polar surface area (TPSA) is 76.6 Å². The average Bonchev–Trinajstić information content (AvgIpc) is 3.11. The number of esters is 1. The van der Waals surface area contributed by atoms with Crippen molar-refractivity contribution < 1.29 is 19.1 Å². The van der Waals surface area contributed by atoms with Crippen molar-refractivity contribution in [1.29, 1.82) is 0 Å². The molecule has 1 aliphatic rings. The molecule has 2 aromatic rings. The fraction of sp³-hybridized carbons (Fsp3) is 0.125. The Kier molecular flexibility index (Phi) is 4.46. The van der Waals surface area contributed by atoms with Crippen LogP contribution < -0.4 is 4.90 Å². The fourth-order valence-electron chi connectivity index (χ4n) is 2.18. The maximum Gasteiger partial charge on any atom is 0.310 e. The Morgan fingerprint density at radius 3 is 2.42 bits per heavy atom. The van der Waals surface area contributed by atoms with Crippen LogP contribution in [0.1, 0.15) is 4.88 Å². The molecule has 0 aliphatic carbocycles. The maximum absolute atomic E-state index is 11.8. The molecule has 0 fully saturated rings. The highest BCUT2D eigenvalue weighted by Crippen LogP contribution is 2.35. The number of nitrogens with zero attached hydrogens (tertiary/aromatic N) is 2. The van der Waals surface area contributed by atoms with E-state index in [4.69, 9.17) is 16.3 Å². The van der Waals surface area contributed by atoms with Crippen molar-refractivity contribution in [3.63, 3.8) is 0 Å². The SMILES string of the molecule is COC(=O)Cc1sc(N2C(=O)C=CC2=O)nc1-c1ccc(Cl)cc1. The number of methoxy groups -OCH3 is 1. The first-order valence-corrected chi connectivity index (χ1v) is 8.07. The minimum Gasteiger partial charge on any atom is -0.469 e. The van der Waals surface area contributed by atoms with Crippen LogP contribution in [0.15, 0.2) is 36.4 Å². The van der Waals surface area contributed by atoms with Gasteiger partial charge in [0.2, 0.25) is 0 Å². The molecule has 1 aromatic heterocycles. The number of hydrogen-bond donors (Lipinski definition) is 0. The lowest BCUT2D eigenvalue weighted by molar-refractivity contribution is -0.139. The van der Waals surface area contributed by atoms with E-state index < -0.39 is 17.8 Å². The Labute approximate surface area is 146 Å². The number of imide groups is 1. The molecule has 0 saturated heterocycles. The van der Waals surface area contributed by atoms with Gasteiger partial charge in [0.25, 0.3) is 11.8 Å². The van der Waals surface area contributed by atoms with Crippen LogP contribution in [0.2, 0.25) is 5.02 Å².